The van der Waals surface area contributed by atoms with Crippen LogP contribution in [0.25, 0.3) is 0 Å². The highest BCUT2D eigenvalue weighted by atomic mass is 32.1. The van der Waals surface area contributed by atoms with E-state index in [4.69, 9.17) is 0 Å². The summed E-state index contributed by atoms with van der Waals surface area (Å²) in [6.45, 7) is 6.71. The van der Waals surface area contributed by atoms with Crippen molar-refractivity contribution in [2.45, 2.75) is 32.6 Å². The van der Waals surface area contributed by atoms with Gasteiger partial charge in [-0.1, -0.05) is 13.0 Å². The highest BCUT2D eigenvalue weighted by Crippen LogP contribution is 2.15. The van der Waals surface area contributed by atoms with Crippen LogP contribution in [0.2, 0.25) is 0 Å². The number of likely N-dealkylation sites (tertiary alicyclic amines) is 1. The molecule has 2 heterocycles. The molecule has 0 saturated carbocycles. The molecule has 4 heteroatoms. The first-order valence-electron chi connectivity index (χ1n) is 7.25. The third-order valence-electron chi connectivity index (χ3n) is 3.76. The van der Waals surface area contributed by atoms with Gasteiger partial charge in [0.05, 0.1) is 6.42 Å². The molecule has 1 saturated heterocycles. The molecule has 0 atom stereocenters. The molecule has 1 aromatic rings. The van der Waals surface area contributed by atoms with Crippen molar-refractivity contribution in [2.24, 2.45) is 5.92 Å². The van der Waals surface area contributed by atoms with Crippen LogP contribution >= 0.6 is 11.3 Å². The molecule has 0 spiro atoms. The smallest absolute Gasteiger partial charge is 0.225 e. The summed E-state index contributed by atoms with van der Waals surface area (Å²) in [6, 6.07) is 4.00. The second kappa shape index (κ2) is 7.65. The molecular weight excluding hydrogens is 256 g/mol. The third kappa shape index (κ3) is 5.33. The molecular formula is C15H24N2OS. The number of nitrogens with zero attached hydrogens (tertiary/aromatic N) is 1. The minimum Gasteiger partial charge on any atom is -0.356 e. The summed E-state index contributed by atoms with van der Waals surface area (Å²) in [4.78, 5) is 15.3. The van der Waals surface area contributed by atoms with E-state index in [1.807, 2.05) is 17.5 Å². The van der Waals surface area contributed by atoms with Gasteiger partial charge in [-0.25, -0.2) is 0 Å². The number of hydrogen-bond acceptors (Lipinski definition) is 3. The van der Waals surface area contributed by atoms with Crippen LogP contribution in [-0.4, -0.2) is 37.0 Å². The lowest BCUT2D eigenvalue weighted by atomic mass is 9.99. The van der Waals surface area contributed by atoms with Gasteiger partial charge in [-0.15, -0.1) is 11.3 Å². The average molecular weight is 280 g/mol. The van der Waals surface area contributed by atoms with Crippen molar-refractivity contribution in [2.75, 3.05) is 26.2 Å². The zero-order chi connectivity index (χ0) is 13.5. The molecule has 19 heavy (non-hydrogen) atoms. The van der Waals surface area contributed by atoms with Gasteiger partial charge in [0.2, 0.25) is 5.91 Å². The van der Waals surface area contributed by atoms with Crippen LogP contribution in [0.5, 0.6) is 0 Å². The predicted octanol–water partition coefficient (Wildman–Crippen LogP) is 2.53. The predicted molar refractivity (Wildman–Crippen MR) is 80.5 cm³/mol. The molecule has 1 aromatic heterocycles. The Morgan fingerprint density at radius 2 is 2.26 bits per heavy atom. The Kier molecular flexibility index (Phi) is 5.86. The number of nitrogens with one attached hydrogen (secondary N) is 1. The number of rotatable bonds is 6. The van der Waals surface area contributed by atoms with Crippen molar-refractivity contribution in [3.05, 3.63) is 22.4 Å². The van der Waals surface area contributed by atoms with Crippen LogP contribution < -0.4 is 5.32 Å². The van der Waals surface area contributed by atoms with Crippen LogP contribution in [0.15, 0.2) is 17.5 Å². The summed E-state index contributed by atoms with van der Waals surface area (Å²) in [5.74, 6) is 1.04. The standard InChI is InChI=1S/C15H24N2OS/c1-13-5-9-17(10-6-13)8-3-7-16-15(18)12-14-4-2-11-19-14/h2,4,11,13H,3,5-10,12H2,1H3,(H,16,18). The molecule has 0 bridgehead atoms. The quantitative estimate of drug-likeness (QED) is 0.812. The summed E-state index contributed by atoms with van der Waals surface area (Å²) in [5, 5.41) is 5.02. The van der Waals surface area contributed by atoms with Gasteiger partial charge >= 0.3 is 0 Å². The Morgan fingerprint density at radius 3 is 2.95 bits per heavy atom. The van der Waals surface area contributed by atoms with Gasteiger partial charge < -0.3 is 10.2 Å². The summed E-state index contributed by atoms with van der Waals surface area (Å²) in [6.07, 6.45) is 4.24. The van der Waals surface area contributed by atoms with Crippen LogP contribution in [0.1, 0.15) is 31.1 Å². The monoisotopic (exact) mass is 280 g/mol. The first-order valence-corrected chi connectivity index (χ1v) is 8.13. The zero-order valence-corrected chi connectivity index (χ0v) is 12.5. The summed E-state index contributed by atoms with van der Waals surface area (Å²) in [5.41, 5.74) is 0. The SMILES string of the molecule is CC1CCN(CCCNC(=O)Cc2cccs2)CC1. The van der Waals surface area contributed by atoms with E-state index in [2.05, 4.69) is 17.1 Å². The first kappa shape index (κ1) is 14.5. The van der Waals surface area contributed by atoms with Gasteiger partial charge in [0.25, 0.3) is 0 Å². The maximum Gasteiger partial charge on any atom is 0.225 e. The number of piperidine rings is 1. The summed E-state index contributed by atoms with van der Waals surface area (Å²) < 4.78 is 0. The van der Waals surface area contributed by atoms with E-state index in [0.29, 0.717) is 6.42 Å². The molecule has 1 aliphatic heterocycles. The van der Waals surface area contributed by atoms with Crippen molar-refractivity contribution < 1.29 is 4.79 Å². The molecule has 1 N–H and O–H groups in total. The van der Waals surface area contributed by atoms with Crippen molar-refractivity contribution in [3.8, 4) is 0 Å². The summed E-state index contributed by atoms with van der Waals surface area (Å²) >= 11 is 1.64. The Labute approximate surface area is 120 Å². The fourth-order valence-electron chi connectivity index (χ4n) is 2.45. The van der Waals surface area contributed by atoms with Gasteiger partial charge in [0.1, 0.15) is 0 Å². The van der Waals surface area contributed by atoms with E-state index in [-0.39, 0.29) is 5.91 Å². The van der Waals surface area contributed by atoms with Crippen molar-refractivity contribution in [1.29, 1.82) is 0 Å². The average Bonchev–Trinajstić information content (AvgIpc) is 2.89. The van der Waals surface area contributed by atoms with Gasteiger partial charge in [0.15, 0.2) is 0 Å². The van der Waals surface area contributed by atoms with Crippen molar-refractivity contribution >= 4 is 17.2 Å². The Morgan fingerprint density at radius 1 is 1.47 bits per heavy atom. The van der Waals surface area contributed by atoms with E-state index in [1.165, 1.54) is 25.9 Å². The second-order valence-electron chi connectivity index (χ2n) is 5.48. The molecule has 3 nitrogen and oxygen atoms in total. The number of thiophene rings is 1. The fraction of sp³-hybridized carbons (Fsp3) is 0.667. The molecule has 0 aliphatic carbocycles. The van der Waals surface area contributed by atoms with Crippen LogP contribution in [0, 0.1) is 5.92 Å². The number of carbonyl (C=O) groups excluding carboxylic acids is 1. The third-order valence-corrected chi connectivity index (χ3v) is 4.64. The molecule has 0 unspecified atom stereocenters. The van der Waals surface area contributed by atoms with Crippen LogP contribution in [-0.2, 0) is 11.2 Å². The minimum absolute atomic E-state index is 0.148. The number of amides is 1. The largest absolute Gasteiger partial charge is 0.356 e. The molecule has 0 aromatic carbocycles. The van der Waals surface area contributed by atoms with Crippen molar-refractivity contribution in [3.63, 3.8) is 0 Å². The molecule has 0 radical (unpaired) electrons. The van der Waals surface area contributed by atoms with Crippen molar-refractivity contribution in [1.82, 2.24) is 10.2 Å². The minimum atomic E-state index is 0.148. The fourth-order valence-corrected chi connectivity index (χ4v) is 3.15. The van der Waals surface area contributed by atoms with Crippen LogP contribution in [0.3, 0.4) is 0 Å². The lowest BCUT2D eigenvalue weighted by molar-refractivity contribution is -0.120. The topological polar surface area (TPSA) is 32.3 Å². The lowest BCUT2D eigenvalue weighted by Crippen LogP contribution is -2.35. The van der Waals surface area contributed by atoms with E-state index >= 15 is 0 Å². The maximum absolute atomic E-state index is 11.7. The van der Waals surface area contributed by atoms with Gasteiger partial charge in [-0.3, -0.25) is 4.79 Å². The zero-order valence-electron chi connectivity index (χ0n) is 11.7. The molecule has 1 fully saturated rings. The highest BCUT2D eigenvalue weighted by Gasteiger charge is 2.14. The number of hydrogen-bond donors (Lipinski definition) is 1. The van der Waals surface area contributed by atoms with Gasteiger partial charge in [-0.05, 0) is 56.3 Å². The maximum atomic E-state index is 11.7. The van der Waals surface area contributed by atoms with Crippen LogP contribution in [0.4, 0.5) is 0 Å². The second-order valence-corrected chi connectivity index (χ2v) is 6.52. The summed E-state index contributed by atoms with van der Waals surface area (Å²) in [7, 11) is 0. The first-order chi connectivity index (χ1) is 9.24. The molecule has 106 valence electrons. The molecule has 2 rings (SSSR count). The normalized spacial score (nSPS) is 17.5. The Hall–Kier alpha value is -0.870. The Bertz CT molecular complexity index is 370. The van der Waals surface area contributed by atoms with Gasteiger partial charge in [-0.2, -0.15) is 0 Å². The van der Waals surface area contributed by atoms with E-state index < -0.39 is 0 Å². The Balaban J connectivity index is 1.53. The van der Waals surface area contributed by atoms with E-state index in [0.717, 1.165) is 30.3 Å². The lowest BCUT2D eigenvalue weighted by Gasteiger charge is -2.30. The van der Waals surface area contributed by atoms with E-state index in [1.54, 1.807) is 11.3 Å². The molecule has 1 amide bonds. The number of carbonyl (C=O) groups is 1. The highest BCUT2D eigenvalue weighted by molar-refractivity contribution is 7.10. The van der Waals surface area contributed by atoms with Gasteiger partial charge in [0, 0.05) is 11.4 Å². The molecule has 1 aliphatic rings. The van der Waals surface area contributed by atoms with E-state index in [9.17, 15) is 4.79 Å².